The Kier molecular flexibility index (Phi) is 6.63. The summed E-state index contributed by atoms with van der Waals surface area (Å²) in [6.45, 7) is 0. The van der Waals surface area contributed by atoms with E-state index in [2.05, 4.69) is 15.5 Å². The molecule has 0 saturated heterocycles. The summed E-state index contributed by atoms with van der Waals surface area (Å²) in [5, 5.41) is 11.1. The van der Waals surface area contributed by atoms with E-state index in [1.54, 1.807) is 20.3 Å². The molecule has 29 heavy (non-hydrogen) atoms. The number of aryl methyl sites for hydroxylation is 1. The van der Waals surface area contributed by atoms with Gasteiger partial charge in [-0.1, -0.05) is 24.3 Å². The van der Waals surface area contributed by atoms with E-state index in [0.717, 1.165) is 11.3 Å². The van der Waals surface area contributed by atoms with Crippen molar-refractivity contribution >= 4 is 23.2 Å². The topological polar surface area (TPSA) is 76.6 Å². The molecular formula is C22H24N4O3. The minimum absolute atomic E-state index is 0.127. The highest BCUT2D eigenvalue weighted by molar-refractivity contribution is 5.89. The van der Waals surface area contributed by atoms with E-state index >= 15 is 0 Å². The Balaban J connectivity index is 1.56. The zero-order valence-electron chi connectivity index (χ0n) is 16.8. The van der Waals surface area contributed by atoms with Crippen LogP contribution in [0.3, 0.4) is 0 Å². The highest BCUT2D eigenvalue weighted by Gasteiger charge is 2.09. The molecule has 1 N–H and O–H groups in total. The van der Waals surface area contributed by atoms with E-state index in [4.69, 9.17) is 9.47 Å². The first kappa shape index (κ1) is 20.1. The minimum Gasteiger partial charge on any atom is -0.493 e. The van der Waals surface area contributed by atoms with Gasteiger partial charge < -0.3 is 19.7 Å². The molecule has 1 amide bonds. The molecule has 1 aromatic heterocycles. The molecule has 0 unspecified atom stereocenters. The monoisotopic (exact) mass is 392 g/mol. The van der Waals surface area contributed by atoms with Gasteiger partial charge in [0.05, 0.1) is 14.2 Å². The van der Waals surface area contributed by atoms with Gasteiger partial charge >= 0.3 is 0 Å². The number of methoxy groups -OCH3 is 2. The minimum atomic E-state index is -0.127. The number of rotatable bonds is 8. The number of hydrogen-bond donors (Lipinski definition) is 1. The maximum atomic E-state index is 12.3. The number of ether oxygens (including phenoxy) is 2. The van der Waals surface area contributed by atoms with Crippen LogP contribution in [0.1, 0.15) is 12.0 Å². The number of nitrogens with one attached hydrogen (secondary N) is 1. The Morgan fingerprint density at radius 1 is 0.966 bits per heavy atom. The van der Waals surface area contributed by atoms with E-state index in [1.807, 2.05) is 66.5 Å². The average Bonchev–Trinajstić information content (AvgIpc) is 2.78. The number of amides is 1. The molecule has 7 heteroatoms. The van der Waals surface area contributed by atoms with Crippen LogP contribution in [-0.4, -0.2) is 37.4 Å². The summed E-state index contributed by atoms with van der Waals surface area (Å²) in [5.41, 5.74) is 2.00. The largest absolute Gasteiger partial charge is 0.493 e. The van der Waals surface area contributed by atoms with E-state index in [-0.39, 0.29) is 5.91 Å². The fraction of sp³-hybridized carbons (Fsp3) is 0.227. The Hall–Kier alpha value is -3.61. The molecule has 0 radical (unpaired) electrons. The molecule has 0 aliphatic carbocycles. The molecule has 0 bridgehead atoms. The van der Waals surface area contributed by atoms with Crippen LogP contribution in [0.4, 0.5) is 17.3 Å². The molecule has 0 spiro atoms. The van der Waals surface area contributed by atoms with E-state index in [0.29, 0.717) is 36.0 Å². The molecule has 0 aliphatic heterocycles. The van der Waals surface area contributed by atoms with Gasteiger partial charge in [-0.3, -0.25) is 4.79 Å². The molecule has 150 valence electrons. The standard InChI is InChI=1S/C22H24N4O3/c1-26(17-7-5-4-6-8-17)21-13-12-20(24-25-21)23-22(27)14-10-16-9-11-18(28-2)19(15-16)29-3/h4-9,11-13,15H,10,14H2,1-3H3,(H,23,24,27). The van der Waals surface area contributed by atoms with Gasteiger partial charge in [0.25, 0.3) is 0 Å². The molecule has 0 saturated carbocycles. The maximum Gasteiger partial charge on any atom is 0.225 e. The normalized spacial score (nSPS) is 10.3. The van der Waals surface area contributed by atoms with Gasteiger partial charge in [0, 0.05) is 19.2 Å². The Labute approximate surface area is 170 Å². The number of carbonyl (C=O) groups is 1. The Morgan fingerprint density at radius 3 is 2.38 bits per heavy atom. The smallest absolute Gasteiger partial charge is 0.225 e. The molecular weight excluding hydrogens is 368 g/mol. The number of anilines is 3. The number of nitrogens with zero attached hydrogens (tertiary/aromatic N) is 3. The van der Waals surface area contributed by atoms with Gasteiger partial charge in [0.1, 0.15) is 0 Å². The van der Waals surface area contributed by atoms with Crippen molar-refractivity contribution in [2.45, 2.75) is 12.8 Å². The zero-order chi connectivity index (χ0) is 20.6. The van der Waals surface area contributed by atoms with Crippen LogP contribution >= 0.6 is 0 Å². The van der Waals surface area contributed by atoms with Crippen LogP contribution in [0.25, 0.3) is 0 Å². The summed E-state index contributed by atoms with van der Waals surface area (Å²) in [6, 6.07) is 19.1. The van der Waals surface area contributed by atoms with Crippen molar-refractivity contribution in [1.29, 1.82) is 0 Å². The van der Waals surface area contributed by atoms with E-state index < -0.39 is 0 Å². The predicted molar refractivity (Wildman–Crippen MR) is 113 cm³/mol. The average molecular weight is 392 g/mol. The van der Waals surface area contributed by atoms with Gasteiger partial charge in [-0.15, -0.1) is 10.2 Å². The molecule has 7 nitrogen and oxygen atoms in total. The van der Waals surface area contributed by atoms with Crippen LogP contribution in [0.15, 0.2) is 60.7 Å². The van der Waals surface area contributed by atoms with E-state index in [1.165, 1.54) is 0 Å². The van der Waals surface area contributed by atoms with Crippen molar-refractivity contribution in [3.63, 3.8) is 0 Å². The van der Waals surface area contributed by atoms with Crippen molar-refractivity contribution in [3.8, 4) is 11.5 Å². The van der Waals surface area contributed by atoms with Gasteiger partial charge in [-0.05, 0) is 48.4 Å². The lowest BCUT2D eigenvalue weighted by atomic mass is 10.1. The lowest BCUT2D eigenvalue weighted by Crippen LogP contribution is -2.15. The lowest BCUT2D eigenvalue weighted by Gasteiger charge is -2.17. The van der Waals surface area contributed by atoms with Crippen LogP contribution in [0, 0.1) is 0 Å². The van der Waals surface area contributed by atoms with Crippen molar-refractivity contribution < 1.29 is 14.3 Å². The van der Waals surface area contributed by atoms with Crippen LogP contribution in [0.5, 0.6) is 11.5 Å². The summed E-state index contributed by atoms with van der Waals surface area (Å²) >= 11 is 0. The first-order chi connectivity index (χ1) is 14.1. The van der Waals surface area contributed by atoms with Crippen molar-refractivity contribution in [3.05, 3.63) is 66.2 Å². The van der Waals surface area contributed by atoms with Gasteiger partial charge in [-0.2, -0.15) is 0 Å². The fourth-order valence-corrected chi connectivity index (χ4v) is 2.85. The predicted octanol–water partition coefficient (Wildman–Crippen LogP) is 3.83. The zero-order valence-corrected chi connectivity index (χ0v) is 16.8. The third-order valence-electron chi connectivity index (χ3n) is 4.49. The molecule has 3 aromatic rings. The van der Waals surface area contributed by atoms with Crippen molar-refractivity contribution in [1.82, 2.24) is 10.2 Å². The number of hydrogen-bond acceptors (Lipinski definition) is 6. The summed E-state index contributed by atoms with van der Waals surface area (Å²) in [6.07, 6.45) is 0.900. The van der Waals surface area contributed by atoms with E-state index in [9.17, 15) is 4.79 Å². The lowest BCUT2D eigenvalue weighted by molar-refractivity contribution is -0.116. The molecule has 3 rings (SSSR count). The van der Waals surface area contributed by atoms with Crippen molar-refractivity contribution in [2.75, 3.05) is 31.5 Å². The van der Waals surface area contributed by atoms with Crippen LogP contribution in [-0.2, 0) is 11.2 Å². The quantitative estimate of drug-likeness (QED) is 0.628. The number of carbonyl (C=O) groups excluding carboxylic acids is 1. The molecule has 2 aromatic carbocycles. The first-order valence-corrected chi connectivity index (χ1v) is 9.24. The molecule has 0 atom stereocenters. The summed E-state index contributed by atoms with van der Waals surface area (Å²) in [4.78, 5) is 14.2. The molecule has 0 fully saturated rings. The Bertz CT molecular complexity index is 946. The van der Waals surface area contributed by atoms with Crippen LogP contribution in [0.2, 0.25) is 0 Å². The third kappa shape index (κ3) is 5.22. The maximum absolute atomic E-state index is 12.3. The summed E-state index contributed by atoms with van der Waals surface area (Å²) < 4.78 is 10.5. The molecule has 0 aliphatic rings. The Morgan fingerprint density at radius 2 is 1.72 bits per heavy atom. The second-order valence-electron chi connectivity index (χ2n) is 6.41. The van der Waals surface area contributed by atoms with Crippen LogP contribution < -0.4 is 19.7 Å². The SMILES string of the molecule is COc1ccc(CCC(=O)Nc2ccc(N(C)c3ccccc3)nn2)cc1OC. The second kappa shape index (κ2) is 9.54. The highest BCUT2D eigenvalue weighted by atomic mass is 16.5. The van der Waals surface area contributed by atoms with Gasteiger partial charge in [-0.25, -0.2) is 0 Å². The fourth-order valence-electron chi connectivity index (χ4n) is 2.85. The first-order valence-electron chi connectivity index (χ1n) is 9.24. The number of aromatic nitrogens is 2. The third-order valence-corrected chi connectivity index (χ3v) is 4.49. The number of para-hydroxylation sites is 1. The van der Waals surface area contributed by atoms with Gasteiger partial charge in [0.15, 0.2) is 23.1 Å². The summed E-state index contributed by atoms with van der Waals surface area (Å²) in [7, 11) is 5.10. The highest BCUT2D eigenvalue weighted by Crippen LogP contribution is 2.28. The second-order valence-corrected chi connectivity index (χ2v) is 6.41. The van der Waals surface area contributed by atoms with Crippen molar-refractivity contribution in [2.24, 2.45) is 0 Å². The van der Waals surface area contributed by atoms with Gasteiger partial charge in [0.2, 0.25) is 5.91 Å². The molecule has 1 heterocycles. The summed E-state index contributed by atoms with van der Waals surface area (Å²) in [5.74, 6) is 2.30. The number of benzene rings is 2.